The number of fused-ring (bicyclic) bond motifs is 3. The molecule has 18 nitrogen and oxygen atoms in total. The first-order chi connectivity index (χ1) is 26.7. The summed E-state index contributed by atoms with van der Waals surface area (Å²) < 4.78 is 27.7. The second kappa shape index (κ2) is 19.1. The van der Waals surface area contributed by atoms with E-state index in [-0.39, 0.29) is 32.0 Å². The van der Waals surface area contributed by atoms with Crippen molar-refractivity contribution in [3.63, 3.8) is 0 Å². The fourth-order valence-corrected chi connectivity index (χ4v) is 6.22. The number of anilines is 1. The van der Waals surface area contributed by atoms with Crippen molar-refractivity contribution in [1.82, 2.24) is 35.0 Å². The highest BCUT2D eigenvalue weighted by Gasteiger charge is 2.25. The highest BCUT2D eigenvalue weighted by atomic mass is 16.7. The molecular weight excluding hydrogens is 716 g/mol. The average molecular weight is 765 g/mol. The number of nitrogens with zero attached hydrogens (tertiary/aromatic N) is 7. The Kier molecular flexibility index (Phi) is 13.8. The van der Waals surface area contributed by atoms with Crippen LogP contribution in [0.15, 0.2) is 47.0 Å². The first-order valence-electron chi connectivity index (χ1n) is 18.4. The van der Waals surface area contributed by atoms with Gasteiger partial charge in [0.05, 0.1) is 25.2 Å². The van der Waals surface area contributed by atoms with Crippen molar-refractivity contribution in [2.75, 3.05) is 97.8 Å². The number of hydrogen-bond donors (Lipinski definition) is 3. The minimum atomic E-state index is -1.38. The lowest BCUT2D eigenvalue weighted by Crippen LogP contribution is -2.51. The Bertz CT molecular complexity index is 1910. The van der Waals surface area contributed by atoms with Gasteiger partial charge in [-0.2, -0.15) is 0 Å². The number of carbonyl (C=O) groups excluding carboxylic acids is 3. The molecule has 4 aromatic rings. The van der Waals surface area contributed by atoms with Crippen molar-refractivity contribution in [2.45, 2.75) is 31.8 Å². The number of piperazine rings is 1. The van der Waals surface area contributed by atoms with Crippen LogP contribution in [0.1, 0.15) is 19.3 Å². The number of benzene rings is 1. The number of aliphatic hydroxyl groups excluding tert-OH is 2. The number of ether oxygens (including phenoxy) is 4. The molecule has 0 spiro atoms. The lowest BCUT2D eigenvalue weighted by Gasteiger charge is -2.34. The number of aromatic nitrogens is 3. The van der Waals surface area contributed by atoms with Crippen molar-refractivity contribution in [1.29, 1.82) is 0 Å². The highest BCUT2D eigenvalue weighted by Crippen LogP contribution is 2.35. The zero-order valence-corrected chi connectivity index (χ0v) is 31.1. The van der Waals surface area contributed by atoms with Gasteiger partial charge in [-0.3, -0.25) is 19.4 Å². The second-order valence-corrected chi connectivity index (χ2v) is 13.4. The maximum atomic E-state index is 13.2. The Hall–Kier alpha value is -4.98. The summed E-state index contributed by atoms with van der Waals surface area (Å²) in [5.41, 5.74) is 2.40. The van der Waals surface area contributed by atoms with E-state index < -0.39 is 24.6 Å². The predicted molar refractivity (Wildman–Crippen MR) is 199 cm³/mol. The second-order valence-electron chi connectivity index (χ2n) is 13.4. The number of amides is 2. The van der Waals surface area contributed by atoms with Gasteiger partial charge in [0.2, 0.25) is 11.6 Å². The largest absolute Gasteiger partial charge is 0.460 e. The number of nitrogens with one attached hydrogen (secondary N) is 1. The fourth-order valence-electron chi connectivity index (χ4n) is 6.22. The Labute approximate surface area is 317 Å². The molecule has 1 aromatic carbocycles. The summed E-state index contributed by atoms with van der Waals surface area (Å²) in [6.07, 6.45) is -0.427. The van der Waals surface area contributed by atoms with E-state index in [0.717, 1.165) is 5.39 Å². The molecule has 2 unspecified atom stereocenters. The zero-order valence-electron chi connectivity index (χ0n) is 31.1. The number of aliphatic hydroxyl groups is 2. The number of rotatable bonds is 16. The van der Waals surface area contributed by atoms with E-state index in [0.29, 0.717) is 112 Å². The van der Waals surface area contributed by atoms with Crippen molar-refractivity contribution in [3.8, 4) is 17.1 Å². The van der Waals surface area contributed by atoms with Gasteiger partial charge in [0.15, 0.2) is 23.5 Å². The Morgan fingerprint density at radius 2 is 1.82 bits per heavy atom. The van der Waals surface area contributed by atoms with E-state index in [1.165, 1.54) is 0 Å². The lowest BCUT2D eigenvalue weighted by atomic mass is 10.2. The molecule has 55 heavy (non-hydrogen) atoms. The van der Waals surface area contributed by atoms with Crippen LogP contribution in [-0.2, 0) is 23.8 Å². The molecule has 3 aromatic heterocycles. The maximum Gasteiger partial charge on any atom is 0.415 e. The summed E-state index contributed by atoms with van der Waals surface area (Å²) in [6.45, 7) is 4.97. The minimum Gasteiger partial charge on any atom is -0.460 e. The summed E-state index contributed by atoms with van der Waals surface area (Å²) in [4.78, 5) is 59.1. The van der Waals surface area contributed by atoms with Crippen molar-refractivity contribution in [3.05, 3.63) is 42.6 Å². The van der Waals surface area contributed by atoms with Crippen molar-refractivity contribution < 1.29 is 48.0 Å². The van der Waals surface area contributed by atoms with Crippen molar-refractivity contribution in [2.24, 2.45) is 0 Å². The van der Waals surface area contributed by atoms with E-state index in [2.05, 4.69) is 20.1 Å². The summed E-state index contributed by atoms with van der Waals surface area (Å²) in [5.74, 6) is 0.765. The molecule has 0 radical (unpaired) electrons. The van der Waals surface area contributed by atoms with Crippen LogP contribution in [0.3, 0.4) is 0 Å². The fraction of sp³-hybridized carbons (Fsp3) is 0.514. The van der Waals surface area contributed by atoms with Gasteiger partial charge in [-0.1, -0.05) is 12.1 Å². The van der Waals surface area contributed by atoms with Crippen LogP contribution in [-0.4, -0.2) is 163 Å². The molecule has 2 saturated heterocycles. The Morgan fingerprint density at radius 3 is 2.58 bits per heavy atom. The number of furan rings is 1. The smallest absolute Gasteiger partial charge is 0.415 e. The number of carbonyl (C=O) groups is 3. The molecule has 0 aliphatic carbocycles. The minimum absolute atomic E-state index is 0.0135. The third-order valence-electron chi connectivity index (χ3n) is 9.28. The summed E-state index contributed by atoms with van der Waals surface area (Å²) >= 11 is 0. The third kappa shape index (κ3) is 10.6. The molecule has 3 N–H and O–H groups in total. The number of pyridine rings is 1. The number of morpholine rings is 1. The quantitative estimate of drug-likeness (QED) is 0.109. The summed E-state index contributed by atoms with van der Waals surface area (Å²) in [5, 5.41) is 22.8. The van der Waals surface area contributed by atoms with E-state index in [1.54, 1.807) is 48.3 Å². The normalized spacial score (nSPS) is 16.4. The molecule has 5 heterocycles. The summed E-state index contributed by atoms with van der Waals surface area (Å²) in [7, 11) is 3.35. The Balaban J connectivity index is 0.931. The third-order valence-corrected chi connectivity index (χ3v) is 9.28. The average Bonchev–Trinajstić information content (AvgIpc) is 3.58. The number of hydrogen-bond acceptors (Lipinski definition) is 16. The van der Waals surface area contributed by atoms with Gasteiger partial charge in [0, 0.05) is 77.0 Å². The first kappa shape index (κ1) is 39.7. The monoisotopic (exact) mass is 764 g/mol. The molecule has 2 aliphatic rings. The topological polar surface area (TPSA) is 205 Å². The molecule has 296 valence electrons. The Morgan fingerprint density at radius 1 is 1.02 bits per heavy atom. The molecule has 2 aliphatic heterocycles. The molecule has 2 fully saturated rings. The number of likely N-dealkylation sites (N-methyl/N-ethyl adjacent to an activating group) is 1. The summed E-state index contributed by atoms with van der Waals surface area (Å²) in [6, 6.07) is 10.9. The van der Waals surface area contributed by atoms with Gasteiger partial charge in [0.25, 0.3) is 0 Å². The van der Waals surface area contributed by atoms with Gasteiger partial charge in [-0.05, 0) is 44.8 Å². The predicted octanol–water partition coefficient (Wildman–Crippen LogP) is 1.44. The van der Waals surface area contributed by atoms with Gasteiger partial charge >= 0.3 is 12.1 Å². The van der Waals surface area contributed by atoms with Gasteiger partial charge in [-0.25, -0.2) is 19.7 Å². The SMILES string of the molecule is CN(C)C(CO)OC(O)COC(=O)CCCC(=O)NCCN1CCN(C(=O)Oc2cccc(-c3nc(N4CCOCC4)c4oc5ncccc5c4n3)c2)CC1. The van der Waals surface area contributed by atoms with Gasteiger partial charge in [-0.15, -0.1) is 0 Å². The first-order valence-corrected chi connectivity index (χ1v) is 18.4. The molecular formula is C37H48N8O10. The molecule has 6 rings (SSSR count). The van der Waals surface area contributed by atoms with Crippen LogP contribution in [0.2, 0.25) is 0 Å². The van der Waals surface area contributed by atoms with Crippen LogP contribution in [0.4, 0.5) is 10.6 Å². The van der Waals surface area contributed by atoms with Crippen LogP contribution in [0.5, 0.6) is 5.75 Å². The zero-order chi connectivity index (χ0) is 38.7. The molecule has 0 bridgehead atoms. The van der Waals surface area contributed by atoms with Crippen LogP contribution in [0, 0.1) is 0 Å². The van der Waals surface area contributed by atoms with Crippen LogP contribution >= 0.6 is 0 Å². The molecule has 2 atom stereocenters. The van der Waals surface area contributed by atoms with E-state index >= 15 is 0 Å². The molecule has 18 heteroatoms. The van der Waals surface area contributed by atoms with Gasteiger partial charge < -0.3 is 48.7 Å². The van der Waals surface area contributed by atoms with Gasteiger partial charge in [0.1, 0.15) is 24.1 Å². The van der Waals surface area contributed by atoms with E-state index in [4.69, 9.17) is 33.3 Å². The van der Waals surface area contributed by atoms with Crippen LogP contribution in [0.25, 0.3) is 33.6 Å². The van der Waals surface area contributed by atoms with E-state index in [9.17, 15) is 24.6 Å². The van der Waals surface area contributed by atoms with E-state index in [1.807, 2.05) is 18.2 Å². The maximum absolute atomic E-state index is 13.2. The standard InChI is InChI=1S/C37H48N8O10/c1-42(2)29(23-46)54-31(49)24-52-30(48)10-4-9-28(47)38-12-13-43-14-16-45(17-15-43)37(50)53-26-7-3-6-25(22-26)34-40-32-27-8-5-11-39-36(27)55-33(32)35(41-34)44-18-20-51-21-19-44/h3,5-8,11,22,29,31,46,49H,4,9-10,12-21,23-24H2,1-2H3,(H,38,47). The highest BCUT2D eigenvalue weighted by molar-refractivity contribution is 6.05. The lowest BCUT2D eigenvalue weighted by molar-refractivity contribution is -0.207. The van der Waals surface area contributed by atoms with Crippen LogP contribution < -0.4 is 15.0 Å². The molecule has 0 saturated carbocycles. The van der Waals surface area contributed by atoms with Crippen molar-refractivity contribution >= 4 is 46.0 Å². The number of esters is 1. The molecule has 2 amide bonds.